The summed E-state index contributed by atoms with van der Waals surface area (Å²) in [5.74, 6) is -0.354. The average molecular weight is 101 g/mol. The van der Waals surface area contributed by atoms with Crippen LogP contribution in [0.3, 0.4) is 0 Å². The monoisotopic (exact) mass is 101 g/mol. The summed E-state index contributed by atoms with van der Waals surface area (Å²) < 4.78 is 4.70. The van der Waals surface area contributed by atoms with Gasteiger partial charge in [-0.1, -0.05) is 0 Å². The molecular formula is C4H7NO2. The molecule has 1 saturated heterocycles. The van der Waals surface area contributed by atoms with E-state index >= 15 is 0 Å². The zero-order valence-corrected chi connectivity index (χ0v) is 4.05. The zero-order chi connectivity index (χ0) is 5.44. The molecule has 1 rings (SSSR count). The van der Waals surface area contributed by atoms with Crippen LogP contribution in [0.5, 0.6) is 0 Å². The van der Waals surface area contributed by atoms with E-state index in [0.29, 0.717) is 0 Å². The number of ether oxygens (including phenoxy) is 1. The molecule has 0 aromatic carbocycles. The van der Waals surface area contributed by atoms with E-state index in [4.69, 9.17) is 10.5 Å². The fourth-order valence-corrected chi connectivity index (χ4v) is 0.484. The van der Waals surface area contributed by atoms with Crippen molar-refractivity contribution < 1.29 is 9.53 Å². The van der Waals surface area contributed by atoms with Crippen LogP contribution >= 0.6 is 0 Å². The molecule has 7 heavy (non-hydrogen) atoms. The Bertz CT molecular complexity index is 102. The summed E-state index contributed by atoms with van der Waals surface area (Å²) >= 11 is 0. The molecule has 0 bridgehead atoms. The first-order valence-corrected chi connectivity index (χ1v) is 2.16. The van der Waals surface area contributed by atoms with Crippen molar-refractivity contribution in [2.45, 2.75) is 19.1 Å². The molecule has 3 nitrogen and oxygen atoms in total. The number of carbonyl (C=O) groups excluding carboxylic acids is 1. The minimum atomic E-state index is -0.354. The van der Waals surface area contributed by atoms with Crippen molar-refractivity contribution in [3.8, 4) is 0 Å². The third-order valence-electron chi connectivity index (χ3n) is 0.991. The van der Waals surface area contributed by atoms with Crippen LogP contribution < -0.4 is 5.73 Å². The highest BCUT2D eigenvalue weighted by molar-refractivity contribution is 5.81. The van der Waals surface area contributed by atoms with Crippen LogP contribution in [-0.4, -0.2) is 18.1 Å². The minimum Gasteiger partial charge on any atom is -0.367 e. The first-order chi connectivity index (χ1) is 3.22. The Morgan fingerprint density at radius 2 is 2.29 bits per heavy atom. The normalized spacial score (nSPS) is 37.9. The largest absolute Gasteiger partial charge is 0.367 e. The second-order valence-electron chi connectivity index (χ2n) is 1.66. The van der Waals surface area contributed by atoms with Gasteiger partial charge >= 0.3 is 0 Å². The maximum atomic E-state index is 10.1. The van der Waals surface area contributed by atoms with E-state index in [1.807, 2.05) is 6.92 Å². The SMILES string of the molecule is CC1OC1C(N)=O. The molecule has 0 aromatic rings. The lowest BCUT2D eigenvalue weighted by atomic mass is 10.3. The second kappa shape index (κ2) is 1.20. The summed E-state index contributed by atoms with van der Waals surface area (Å²) in [7, 11) is 0. The average Bonchev–Trinajstić information content (AvgIpc) is 2.17. The van der Waals surface area contributed by atoms with E-state index in [9.17, 15) is 4.79 Å². The molecule has 1 heterocycles. The number of primary amides is 1. The quantitative estimate of drug-likeness (QED) is 0.442. The van der Waals surface area contributed by atoms with E-state index in [1.54, 1.807) is 0 Å². The van der Waals surface area contributed by atoms with Gasteiger partial charge in [0, 0.05) is 0 Å². The fraction of sp³-hybridized carbons (Fsp3) is 0.750. The van der Waals surface area contributed by atoms with Crippen molar-refractivity contribution in [2.24, 2.45) is 5.73 Å². The van der Waals surface area contributed by atoms with Gasteiger partial charge in [0.05, 0.1) is 6.10 Å². The van der Waals surface area contributed by atoms with E-state index in [2.05, 4.69) is 0 Å². The number of carbonyl (C=O) groups is 1. The predicted molar refractivity (Wildman–Crippen MR) is 23.5 cm³/mol. The van der Waals surface area contributed by atoms with E-state index < -0.39 is 0 Å². The molecule has 1 amide bonds. The highest BCUT2D eigenvalue weighted by Gasteiger charge is 2.39. The van der Waals surface area contributed by atoms with Crippen LogP contribution in [0.25, 0.3) is 0 Å². The Labute approximate surface area is 41.4 Å². The van der Waals surface area contributed by atoms with Crippen LogP contribution in [0.4, 0.5) is 0 Å². The summed E-state index contributed by atoms with van der Waals surface area (Å²) in [6.07, 6.45) is -0.225. The van der Waals surface area contributed by atoms with Crippen LogP contribution in [0.2, 0.25) is 0 Å². The van der Waals surface area contributed by atoms with Crippen molar-refractivity contribution in [3.05, 3.63) is 0 Å². The van der Waals surface area contributed by atoms with Gasteiger partial charge in [0.1, 0.15) is 0 Å². The van der Waals surface area contributed by atoms with Crippen molar-refractivity contribution in [1.29, 1.82) is 0 Å². The molecule has 0 radical (unpaired) electrons. The van der Waals surface area contributed by atoms with Crippen LogP contribution in [0, 0.1) is 0 Å². The first-order valence-electron chi connectivity index (χ1n) is 2.16. The smallest absolute Gasteiger partial charge is 0.249 e. The molecule has 2 N–H and O–H groups in total. The molecule has 3 heteroatoms. The molecule has 1 fully saturated rings. The number of amides is 1. The van der Waals surface area contributed by atoms with Crippen molar-refractivity contribution in [1.82, 2.24) is 0 Å². The lowest BCUT2D eigenvalue weighted by Crippen LogP contribution is -2.18. The molecule has 0 aromatic heterocycles. The Morgan fingerprint density at radius 3 is 2.29 bits per heavy atom. The van der Waals surface area contributed by atoms with Gasteiger partial charge in [-0.05, 0) is 6.92 Å². The zero-order valence-electron chi connectivity index (χ0n) is 4.05. The summed E-state index contributed by atoms with van der Waals surface area (Å²) in [6.45, 7) is 1.81. The lowest BCUT2D eigenvalue weighted by molar-refractivity contribution is -0.119. The number of hydrogen-bond acceptors (Lipinski definition) is 2. The van der Waals surface area contributed by atoms with Crippen molar-refractivity contribution >= 4 is 5.91 Å². The standard InChI is InChI=1S/C4H7NO2/c1-2-3(7-2)4(5)6/h2-3H,1H3,(H2,5,6). The minimum absolute atomic E-state index is 0.0671. The summed E-state index contributed by atoms with van der Waals surface area (Å²) in [6, 6.07) is 0. The fourth-order valence-electron chi connectivity index (χ4n) is 0.484. The Hall–Kier alpha value is -0.570. The maximum Gasteiger partial charge on any atom is 0.249 e. The first kappa shape index (κ1) is 4.59. The van der Waals surface area contributed by atoms with Gasteiger partial charge in [0.25, 0.3) is 0 Å². The number of hydrogen-bond donors (Lipinski definition) is 1. The van der Waals surface area contributed by atoms with E-state index in [1.165, 1.54) is 0 Å². The van der Waals surface area contributed by atoms with Gasteiger partial charge in [-0.3, -0.25) is 4.79 Å². The van der Waals surface area contributed by atoms with Gasteiger partial charge in [-0.2, -0.15) is 0 Å². The van der Waals surface area contributed by atoms with Crippen molar-refractivity contribution in [3.63, 3.8) is 0 Å². The summed E-state index contributed by atoms with van der Waals surface area (Å²) in [4.78, 5) is 10.1. The molecule has 40 valence electrons. The summed E-state index contributed by atoms with van der Waals surface area (Å²) in [5.41, 5.74) is 4.82. The third kappa shape index (κ3) is 0.718. The molecule has 0 saturated carbocycles. The number of epoxide rings is 1. The maximum absolute atomic E-state index is 10.1. The van der Waals surface area contributed by atoms with Crippen molar-refractivity contribution in [2.75, 3.05) is 0 Å². The van der Waals surface area contributed by atoms with Gasteiger partial charge in [0.2, 0.25) is 5.91 Å². The van der Waals surface area contributed by atoms with Crippen LogP contribution in [0.15, 0.2) is 0 Å². The van der Waals surface area contributed by atoms with E-state index in [0.717, 1.165) is 0 Å². The van der Waals surface area contributed by atoms with E-state index in [-0.39, 0.29) is 18.1 Å². The van der Waals surface area contributed by atoms with Gasteiger partial charge in [0.15, 0.2) is 6.10 Å². The number of rotatable bonds is 1. The van der Waals surface area contributed by atoms with Crippen LogP contribution in [0.1, 0.15) is 6.92 Å². The Morgan fingerprint density at radius 1 is 1.86 bits per heavy atom. The lowest BCUT2D eigenvalue weighted by Gasteiger charge is -1.76. The third-order valence-corrected chi connectivity index (χ3v) is 0.991. The molecule has 2 unspecified atom stereocenters. The molecule has 0 aliphatic carbocycles. The highest BCUT2D eigenvalue weighted by atomic mass is 16.6. The molecule has 2 atom stereocenters. The van der Waals surface area contributed by atoms with Gasteiger partial charge in [-0.15, -0.1) is 0 Å². The summed E-state index contributed by atoms with van der Waals surface area (Å²) in [5, 5.41) is 0. The molecule has 1 aliphatic rings. The molecule has 1 aliphatic heterocycles. The van der Waals surface area contributed by atoms with Crippen LogP contribution in [-0.2, 0) is 9.53 Å². The molecule has 0 spiro atoms. The Kier molecular flexibility index (Phi) is 0.785. The topological polar surface area (TPSA) is 55.6 Å². The predicted octanol–water partition coefficient (Wildman–Crippen LogP) is -0.741. The number of nitrogens with two attached hydrogens (primary N) is 1. The van der Waals surface area contributed by atoms with Gasteiger partial charge in [-0.25, -0.2) is 0 Å². The second-order valence-corrected chi connectivity index (χ2v) is 1.66. The highest BCUT2D eigenvalue weighted by Crippen LogP contribution is 2.19. The van der Waals surface area contributed by atoms with Gasteiger partial charge < -0.3 is 10.5 Å². The molecular weight excluding hydrogens is 94.0 g/mol. The Balaban J connectivity index is 2.33.